The highest BCUT2D eigenvalue weighted by molar-refractivity contribution is 6.00. The second-order valence-electron chi connectivity index (χ2n) is 8.62. The predicted molar refractivity (Wildman–Crippen MR) is 109 cm³/mol. The van der Waals surface area contributed by atoms with Gasteiger partial charge in [0.15, 0.2) is 0 Å². The Balaban J connectivity index is 1.93. The molecule has 1 saturated heterocycles. The summed E-state index contributed by atoms with van der Waals surface area (Å²) >= 11 is 0. The number of amides is 1. The number of halogens is 2. The lowest BCUT2D eigenvalue weighted by molar-refractivity contribution is -0.161. The second kappa shape index (κ2) is 6.63. The molecule has 4 aliphatic rings. The number of ether oxygens (including phenoxy) is 2. The van der Waals surface area contributed by atoms with E-state index >= 15 is 0 Å². The van der Waals surface area contributed by atoms with Crippen LogP contribution in [0.1, 0.15) is 24.6 Å². The molecule has 9 heteroatoms. The van der Waals surface area contributed by atoms with Crippen LogP contribution in [-0.2, 0) is 30.9 Å². The summed E-state index contributed by atoms with van der Waals surface area (Å²) < 4.78 is 41.1. The van der Waals surface area contributed by atoms with Crippen molar-refractivity contribution in [2.24, 2.45) is 5.92 Å². The van der Waals surface area contributed by atoms with Gasteiger partial charge in [-0.1, -0.05) is 24.3 Å². The molecule has 1 amide bonds. The van der Waals surface area contributed by atoms with Crippen LogP contribution in [0.25, 0.3) is 10.9 Å². The molecule has 1 fully saturated rings. The fourth-order valence-corrected chi connectivity index (χ4v) is 5.89. The Bertz CT molecular complexity index is 1210. The maximum atomic E-state index is 14.8. The molecule has 0 radical (unpaired) electrons. The van der Waals surface area contributed by atoms with Crippen molar-refractivity contribution in [1.82, 2.24) is 9.47 Å². The van der Waals surface area contributed by atoms with Crippen molar-refractivity contribution in [2.45, 2.75) is 37.1 Å². The first kappa shape index (κ1) is 20.7. The summed E-state index contributed by atoms with van der Waals surface area (Å²) in [5, 5.41) is 0.710. The number of piperidine rings is 1. The van der Waals surface area contributed by atoms with Gasteiger partial charge in [0.1, 0.15) is 5.41 Å². The van der Waals surface area contributed by atoms with Crippen LogP contribution in [0.15, 0.2) is 35.9 Å². The zero-order chi connectivity index (χ0) is 23.0. The Morgan fingerprint density at radius 3 is 2.56 bits per heavy atom. The number of para-hydroxylation sites is 1. The van der Waals surface area contributed by atoms with Gasteiger partial charge in [0.25, 0.3) is 5.92 Å². The van der Waals surface area contributed by atoms with Crippen LogP contribution in [0.4, 0.5) is 13.6 Å². The summed E-state index contributed by atoms with van der Waals surface area (Å²) in [5.41, 5.74) is -0.512. The van der Waals surface area contributed by atoms with Crippen molar-refractivity contribution in [3.8, 4) is 0 Å². The summed E-state index contributed by atoms with van der Waals surface area (Å²) in [6, 6.07) is 5.83. The largest absolute Gasteiger partial charge is 0.468 e. The maximum absolute atomic E-state index is 14.8. The molecule has 0 saturated carbocycles. The van der Waals surface area contributed by atoms with Crippen molar-refractivity contribution in [3.63, 3.8) is 0 Å². The number of fused-ring (bicyclic) bond motifs is 3. The Kier molecular flexibility index (Phi) is 4.28. The number of esters is 1. The number of hydrogen-bond donors (Lipinski definition) is 0. The van der Waals surface area contributed by atoms with E-state index in [1.165, 1.54) is 29.8 Å². The number of carbonyl (C=O) groups is 3. The highest BCUT2D eigenvalue weighted by Crippen LogP contribution is 2.56. The third-order valence-corrected chi connectivity index (χ3v) is 7.01. The molecule has 7 nitrogen and oxygen atoms in total. The van der Waals surface area contributed by atoms with E-state index in [1.807, 2.05) is 6.07 Å². The van der Waals surface area contributed by atoms with E-state index in [-0.39, 0.29) is 30.1 Å². The standard InChI is InChI=1S/C23H22F2N2O5/c1-22(24,25)15-10-12-11-23(20(29)31-2)17-14(8-9-26(18(15)23)19(12)28)13-6-4-5-7-16(13)27(17)21(30)32-3/h4-7,10,12,18H,8-9,11H2,1-3H3. The third-order valence-electron chi connectivity index (χ3n) is 7.01. The van der Waals surface area contributed by atoms with E-state index in [4.69, 9.17) is 9.47 Å². The number of carbonyl (C=O) groups excluding carboxylic acids is 3. The zero-order valence-electron chi connectivity index (χ0n) is 17.9. The minimum Gasteiger partial charge on any atom is -0.468 e. The first-order chi connectivity index (χ1) is 15.2. The maximum Gasteiger partial charge on any atom is 0.418 e. The summed E-state index contributed by atoms with van der Waals surface area (Å²) in [5.74, 6) is -5.23. The highest BCUT2D eigenvalue weighted by atomic mass is 19.3. The molecule has 1 aliphatic carbocycles. The molecule has 0 spiro atoms. The lowest BCUT2D eigenvalue weighted by Crippen LogP contribution is -2.67. The van der Waals surface area contributed by atoms with Gasteiger partial charge in [-0.25, -0.2) is 18.1 Å². The fraction of sp³-hybridized carbons (Fsp3) is 0.435. The number of aromatic nitrogens is 1. The van der Waals surface area contributed by atoms with Crippen LogP contribution in [-0.4, -0.2) is 60.2 Å². The van der Waals surface area contributed by atoms with Crippen molar-refractivity contribution in [3.05, 3.63) is 47.2 Å². The Morgan fingerprint density at radius 1 is 1.19 bits per heavy atom. The minimum absolute atomic E-state index is 0.0560. The number of benzene rings is 1. The SMILES string of the molecule is COC(=O)n1c2c(c3ccccc31)CCN1C(=O)C3C=C(C(C)(F)F)C1C2(C(=O)OC)C3. The molecular weight excluding hydrogens is 422 g/mol. The summed E-state index contributed by atoms with van der Waals surface area (Å²) in [6.07, 6.45) is 0.803. The van der Waals surface area contributed by atoms with Crippen LogP contribution in [0.5, 0.6) is 0 Å². The average Bonchev–Trinajstić information content (AvgIpc) is 3.04. The molecule has 6 rings (SSSR count). The topological polar surface area (TPSA) is 77.8 Å². The Morgan fingerprint density at radius 2 is 1.91 bits per heavy atom. The number of rotatable bonds is 2. The lowest BCUT2D eigenvalue weighted by atomic mass is 9.60. The zero-order valence-corrected chi connectivity index (χ0v) is 17.9. The van der Waals surface area contributed by atoms with Crippen molar-refractivity contribution >= 4 is 28.9 Å². The van der Waals surface area contributed by atoms with Gasteiger partial charge in [0.05, 0.1) is 37.4 Å². The van der Waals surface area contributed by atoms with Gasteiger partial charge in [0.2, 0.25) is 5.91 Å². The third kappa shape index (κ3) is 2.42. The molecule has 168 valence electrons. The molecule has 4 heterocycles. The second-order valence-corrected chi connectivity index (χ2v) is 8.62. The first-order valence-electron chi connectivity index (χ1n) is 10.4. The molecule has 3 unspecified atom stereocenters. The van der Waals surface area contributed by atoms with Gasteiger partial charge in [-0.3, -0.25) is 9.59 Å². The molecule has 3 aliphatic heterocycles. The van der Waals surface area contributed by atoms with E-state index < -0.39 is 35.4 Å². The first-order valence-corrected chi connectivity index (χ1v) is 10.4. The number of nitrogens with zero attached hydrogens (tertiary/aromatic N) is 2. The molecule has 0 N–H and O–H groups in total. The van der Waals surface area contributed by atoms with Gasteiger partial charge < -0.3 is 14.4 Å². The molecule has 1 aromatic heterocycles. The summed E-state index contributed by atoms with van der Waals surface area (Å²) in [6.45, 7) is 0.910. The minimum atomic E-state index is -3.27. The number of hydrogen-bond acceptors (Lipinski definition) is 5. The normalized spacial score (nSPS) is 26.5. The summed E-state index contributed by atoms with van der Waals surface area (Å²) in [4.78, 5) is 40.9. The number of alkyl halides is 2. The van der Waals surface area contributed by atoms with Crippen LogP contribution in [0.3, 0.4) is 0 Å². The van der Waals surface area contributed by atoms with E-state index in [0.29, 0.717) is 22.9 Å². The van der Waals surface area contributed by atoms with E-state index in [0.717, 1.165) is 6.92 Å². The summed E-state index contributed by atoms with van der Waals surface area (Å²) in [7, 11) is 2.41. The van der Waals surface area contributed by atoms with Gasteiger partial charge in [-0.2, -0.15) is 0 Å². The Hall–Kier alpha value is -3.23. The molecular formula is C23H22F2N2O5. The van der Waals surface area contributed by atoms with E-state index in [1.54, 1.807) is 18.2 Å². The molecule has 1 aromatic carbocycles. The van der Waals surface area contributed by atoms with Crippen LogP contribution in [0.2, 0.25) is 0 Å². The molecule has 32 heavy (non-hydrogen) atoms. The number of methoxy groups -OCH3 is 2. The molecule has 3 atom stereocenters. The van der Waals surface area contributed by atoms with Crippen molar-refractivity contribution in [1.29, 1.82) is 0 Å². The monoisotopic (exact) mass is 444 g/mol. The van der Waals surface area contributed by atoms with Crippen molar-refractivity contribution < 1.29 is 32.6 Å². The predicted octanol–water partition coefficient (Wildman–Crippen LogP) is 3.04. The van der Waals surface area contributed by atoms with Crippen LogP contribution in [0, 0.1) is 5.92 Å². The van der Waals surface area contributed by atoms with Gasteiger partial charge in [0, 0.05) is 24.4 Å². The lowest BCUT2D eigenvalue weighted by Gasteiger charge is -2.54. The van der Waals surface area contributed by atoms with E-state index in [2.05, 4.69) is 0 Å². The Labute approximate surface area is 182 Å². The van der Waals surface area contributed by atoms with Gasteiger partial charge in [-0.15, -0.1) is 0 Å². The average molecular weight is 444 g/mol. The quantitative estimate of drug-likeness (QED) is 0.526. The smallest absolute Gasteiger partial charge is 0.418 e. The van der Waals surface area contributed by atoms with Crippen molar-refractivity contribution in [2.75, 3.05) is 20.8 Å². The molecule has 2 aromatic rings. The fourth-order valence-electron chi connectivity index (χ4n) is 5.89. The van der Waals surface area contributed by atoms with Crippen LogP contribution < -0.4 is 0 Å². The highest BCUT2D eigenvalue weighted by Gasteiger charge is 2.66. The van der Waals surface area contributed by atoms with Gasteiger partial charge >= 0.3 is 12.1 Å². The molecule has 4 bridgehead atoms. The van der Waals surface area contributed by atoms with Crippen LogP contribution >= 0.6 is 0 Å². The van der Waals surface area contributed by atoms with E-state index in [9.17, 15) is 23.2 Å². The van der Waals surface area contributed by atoms with Gasteiger partial charge in [-0.05, 0) is 24.5 Å².